The first-order chi connectivity index (χ1) is 11.0. The summed E-state index contributed by atoms with van der Waals surface area (Å²) in [6, 6.07) is 14.7. The predicted molar refractivity (Wildman–Crippen MR) is 91.4 cm³/mol. The molecule has 1 heterocycles. The van der Waals surface area contributed by atoms with E-state index in [1.165, 1.54) is 17.7 Å². The van der Waals surface area contributed by atoms with E-state index in [9.17, 15) is 8.78 Å². The van der Waals surface area contributed by atoms with Crippen LogP contribution in [0.1, 0.15) is 12.5 Å². The molecule has 6 heteroatoms. The van der Waals surface area contributed by atoms with Crippen LogP contribution in [0.25, 0.3) is 0 Å². The number of nitrogens with one attached hydrogen (secondary N) is 1. The lowest BCUT2D eigenvalue weighted by Crippen LogP contribution is -2.38. The fourth-order valence-electron chi connectivity index (χ4n) is 2.78. The van der Waals surface area contributed by atoms with Crippen molar-refractivity contribution in [2.75, 3.05) is 10.2 Å². The number of para-hydroxylation sites is 1. The van der Waals surface area contributed by atoms with Gasteiger partial charge in [0.2, 0.25) is 0 Å². The summed E-state index contributed by atoms with van der Waals surface area (Å²) in [5, 5.41) is 3.74. The van der Waals surface area contributed by atoms with Crippen molar-refractivity contribution in [3.63, 3.8) is 0 Å². The van der Waals surface area contributed by atoms with Gasteiger partial charge < -0.3 is 15.0 Å². The van der Waals surface area contributed by atoms with Crippen molar-refractivity contribution >= 4 is 28.7 Å². The van der Waals surface area contributed by atoms with Crippen LogP contribution in [0.2, 0.25) is 0 Å². The second-order valence-electron chi connectivity index (χ2n) is 5.38. The molecule has 120 valence electrons. The van der Waals surface area contributed by atoms with Gasteiger partial charge >= 0.3 is 6.61 Å². The van der Waals surface area contributed by atoms with Gasteiger partial charge in [0.25, 0.3) is 0 Å². The molecule has 2 aromatic rings. The second-order valence-corrected chi connectivity index (χ2v) is 5.77. The highest BCUT2D eigenvalue weighted by Crippen LogP contribution is 2.32. The molecule has 0 aromatic heterocycles. The number of hydrogen-bond acceptors (Lipinski definition) is 2. The molecule has 1 N–H and O–H groups in total. The first-order valence-electron chi connectivity index (χ1n) is 7.27. The number of benzene rings is 2. The van der Waals surface area contributed by atoms with Crippen molar-refractivity contribution in [1.29, 1.82) is 0 Å². The molecule has 2 aromatic carbocycles. The van der Waals surface area contributed by atoms with Crippen LogP contribution in [0.3, 0.4) is 0 Å². The lowest BCUT2D eigenvalue weighted by atomic mass is 10.1. The Morgan fingerprint density at radius 1 is 1.22 bits per heavy atom. The van der Waals surface area contributed by atoms with Gasteiger partial charge in [0.1, 0.15) is 5.75 Å². The van der Waals surface area contributed by atoms with Crippen LogP contribution in [0.4, 0.5) is 20.2 Å². The second kappa shape index (κ2) is 6.50. The highest BCUT2D eigenvalue weighted by atomic mass is 32.1. The Morgan fingerprint density at radius 2 is 1.91 bits per heavy atom. The Morgan fingerprint density at radius 3 is 2.61 bits per heavy atom. The van der Waals surface area contributed by atoms with E-state index in [0.29, 0.717) is 5.11 Å². The van der Waals surface area contributed by atoms with Crippen molar-refractivity contribution in [3.05, 3.63) is 54.1 Å². The molecule has 0 amide bonds. The molecule has 0 bridgehead atoms. The highest BCUT2D eigenvalue weighted by Gasteiger charge is 2.28. The molecule has 1 aliphatic rings. The molecular weight excluding hydrogens is 318 g/mol. The van der Waals surface area contributed by atoms with Crippen LogP contribution in [0.15, 0.2) is 48.5 Å². The Labute approximate surface area is 138 Å². The van der Waals surface area contributed by atoms with Gasteiger partial charge in [0, 0.05) is 17.4 Å². The zero-order valence-corrected chi connectivity index (χ0v) is 13.3. The van der Waals surface area contributed by atoms with Gasteiger partial charge in [-0.2, -0.15) is 8.78 Å². The van der Waals surface area contributed by atoms with Crippen LogP contribution in [0.5, 0.6) is 5.75 Å². The maximum absolute atomic E-state index is 12.2. The molecule has 3 rings (SSSR count). The number of rotatable bonds is 3. The maximum Gasteiger partial charge on any atom is 0.387 e. The average Bonchev–Trinajstić information content (AvgIpc) is 2.84. The minimum atomic E-state index is -2.82. The molecule has 23 heavy (non-hydrogen) atoms. The maximum atomic E-state index is 12.2. The van der Waals surface area contributed by atoms with Gasteiger partial charge in [-0.25, -0.2) is 0 Å². The minimum Gasteiger partial charge on any atom is -0.435 e. The van der Waals surface area contributed by atoms with Crippen LogP contribution < -0.4 is 15.0 Å². The van der Waals surface area contributed by atoms with Crippen molar-refractivity contribution in [3.8, 4) is 5.75 Å². The van der Waals surface area contributed by atoms with Gasteiger partial charge in [-0.05, 0) is 61.5 Å². The van der Waals surface area contributed by atoms with E-state index in [-0.39, 0.29) is 11.8 Å². The normalized spacial score (nSPS) is 16.3. The van der Waals surface area contributed by atoms with Crippen molar-refractivity contribution in [1.82, 2.24) is 0 Å². The van der Waals surface area contributed by atoms with E-state index in [0.717, 1.165) is 17.8 Å². The lowest BCUT2D eigenvalue weighted by Gasteiger charge is -2.26. The number of hydrogen-bond donors (Lipinski definition) is 1. The van der Waals surface area contributed by atoms with Crippen molar-refractivity contribution < 1.29 is 13.5 Å². The number of fused-ring (bicyclic) bond motifs is 1. The molecule has 0 unspecified atom stereocenters. The average molecular weight is 334 g/mol. The highest BCUT2D eigenvalue weighted by molar-refractivity contribution is 7.80. The van der Waals surface area contributed by atoms with Gasteiger partial charge in [0.15, 0.2) is 5.11 Å². The number of anilines is 2. The Kier molecular flexibility index (Phi) is 4.43. The number of nitrogens with zero attached hydrogens (tertiary/aromatic N) is 1. The molecule has 0 radical (unpaired) electrons. The number of halogens is 2. The number of ether oxygens (including phenoxy) is 1. The molecule has 0 fully saturated rings. The van der Waals surface area contributed by atoms with Gasteiger partial charge in [-0.1, -0.05) is 18.2 Å². The molecule has 0 aliphatic carbocycles. The number of alkyl halides is 2. The van der Waals surface area contributed by atoms with Crippen LogP contribution in [-0.2, 0) is 6.42 Å². The third kappa shape index (κ3) is 3.42. The Bertz CT molecular complexity index is 706. The first-order valence-corrected chi connectivity index (χ1v) is 7.68. The summed E-state index contributed by atoms with van der Waals surface area (Å²) in [6.07, 6.45) is 0.944. The first kappa shape index (κ1) is 15.7. The molecule has 3 nitrogen and oxygen atoms in total. The SMILES string of the molecule is C[C@@H]1Cc2ccccc2N1C(=S)Nc1ccc(OC(F)F)cc1. The van der Waals surface area contributed by atoms with E-state index in [2.05, 4.69) is 27.9 Å². The molecule has 0 saturated carbocycles. The fourth-order valence-corrected chi connectivity index (χ4v) is 3.17. The molecule has 1 atom stereocenters. The summed E-state index contributed by atoms with van der Waals surface area (Å²) < 4.78 is 28.6. The smallest absolute Gasteiger partial charge is 0.387 e. The van der Waals surface area contributed by atoms with E-state index in [1.54, 1.807) is 12.1 Å². The summed E-state index contributed by atoms with van der Waals surface area (Å²) in [7, 11) is 0. The van der Waals surface area contributed by atoms with Gasteiger partial charge in [0.05, 0.1) is 0 Å². The zero-order valence-electron chi connectivity index (χ0n) is 12.5. The largest absolute Gasteiger partial charge is 0.435 e. The summed E-state index contributed by atoms with van der Waals surface area (Å²) in [5.41, 5.74) is 3.10. The monoisotopic (exact) mass is 334 g/mol. The summed E-state index contributed by atoms with van der Waals surface area (Å²) >= 11 is 5.52. The third-order valence-electron chi connectivity index (χ3n) is 3.76. The summed E-state index contributed by atoms with van der Waals surface area (Å²) in [4.78, 5) is 2.08. The number of thiocarbonyl (C=S) groups is 1. The van der Waals surface area contributed by atoms with Crippen LogP contribution in [-0.4, -0.2) is 17.8 Å². The predicted octanol–water partition coefficient (Wildman–Crippen LogP) is 4.44. The van der Waals surface area contributed by atoms with Crippen LogP contribution in [0, 0.1) is 0 Å². The lowest BCUT2D eigenvalue weighted by molar-refractivity contribution is -0.0498. The standard InChI is InChI=1S/C17H16F2N2OS/c1-11-10-12-4-2-3-5-15(12)21(11)17(23)20-13-6-8-14(9-7-13)22-16(18)19/h2-9,11,16H,10H2,1H3,(H,20,23)/t11-/m1/s1. The molecule has 0 saturated heterocycles. The van der Waals surface area contributed by atoms with E-state index in [1.807, 2.05) is 18.2 Å². The summed E-state index contributed by atoms with van der Waals surface area (Å²) in [5.74, 6) is 0.122. The Hall–Kier alpha value is -2.21. The van der Waals surface area contributed by atoms with E-state index >= 15 is 0 Å². The molecule has 1 aliphatic heterocycles. The van der Waals surface area contributed by atoms with E-state index in [4.69, 9.17) is 12.2 Å². The zero-order chi connectivity index (χ0) is 16.4. The van der Waals surface area contributed by atoms with Crippen molar-refractivity contribution in [2.24, 2.45) is 0 Å². The minimum absolute atomic E-state index is 0.122. The summed E-state index contributed by atoms with van der Waals surface area (Å²) in [6.45, 7) is -0.704. The molecular formula is C17H16F2N2OS. The van der Waals surface area contributed by atoms with Gasteiger partial charge in [-0.15, -0.1) is 0 Å². The molecule has 0 spiro atoms. The quantitative estimate of drug-likeness (QED) is 0.839. The third-order valence-corrected chi connectivity index (χ3v) is 4.06. The Balaban J connectivity index is 1.72. The topological polar surface area (TPSA) is 24.5 Å². The van der Waals surface area contributed by atoms with Crippen LogP contribution >= 0.6 is 12.2 Å². The fraction of sp³-hybridized carbons (Fsp3) is 0.235. The van der Waals surface area contributed by atoms with E-state index < -0.39 is 6.61 Å². The van der Waals surface area contributed by atoms with Gasteiger partial charge in [-0.3, -0.25) is 0 Å². The van der Waals surface area contributed by atoms with Crippen molar-refractivity contribution in [2.45, 2.75) is 26.0 Å².